The molecule has 0 amide bonds. The number of hydrogen-bond acceptors (Lipinski definition) is 11. The van der Waals surface area contributed by atoms with E-state index in [-0.39, 0.29) is 47.5 Å². The summed E-state index contributed by atoms with van der Waals surface area (Å²) >= 11 is 1.38. The lowest BCUT2D eigenvalue weighted by Crippen LogP contribution is -2.28. The first-order chi connectivity index (χ1) is 24.6. The molecule has 2 aromatic heterocycles. The molecule has 0 N–H and O–H groups in total. The Morgan fingerprint density at radius 3 is 1.75 bits per heavy atom. The highest BCUT2D eigenvalue weighted by atomic mass is 32.1. The van der Waals surface area contributed by atoms with Gasteiger partial charge in [-0.15, -0.1) is 11.3 Å². The number of hydrogen-bond donors (Lipinski definition) is 0. The molecule has 2 heterocycles. The molecule has 2 saturated carbocycles. The summed E-state index contributed by atoms with van der Waals surface area (Å²) in [6.45, 7) is 3.89. The summed E-state index contributed by atoms with van der Waals surface area (Å²) in [7, 11) is 2.76. The molecule has 2 atom stereocenters. The standard InChI is InChI=1S/C39H44FNO9S/c1-5-29(49-38(44)23-11-7-21(8-12-23)36(42)46-3)27-17-18-28(30(6-2)50-39(45)24-13-9-22(10-14-24)37(43)47-4)34-33(27)41-35(51-34)32-19-25-15-16-26(40)20-31(25)48-32/h15-24,29-30H,5-14H2,1-4H3. The van der Waals surface area contributed by atoms with E-state index in [0.29, 0.717) is 86.1 Å². The van der Waals surface area contributed by atoms with Crippen molar-refractivity contribution >= 4 is 56.4 Å². The molecule has 2 aromatic carbocycles. The molecule has 0 aliphatic heterocycles. The van der Waals surface area contributed by atoms with Crippen LogP contribution < -0.4 is 0 Å². The smallest absolute Gasteiger partial charge is 0.309 e. The zero-order valence-corrected chi connectivity index (χ0v) is 30.2. The van der Waals surface area contributed by atoms with Gasteiger partial charge < -0.3 is 23.4 Å². The van der Waals surface area contributed by atoms with Crippen molar-refractivity contribution < 1.29 is 46.9 Å². The van der Waals surface area contributed by atoms with E-state index in [4.69, 9.17) is 28.3 Å². The number of methoxy groups -OCH3 is 2. The number of rotatable bonds is 11. The maximum Gasteiger partial charge on any atom is 0.309 e. The van der Waals surface area contributed by atoms with Crippen LogP contribution in [0.3, 0.4) is 0 Å². The summed E-state index contributed by atoms with van der Waals surface area (Å²) < 4.78 is 43.0. The lowest BCUT2D eigenvalue weighted by molar-refractivity contribution is -0.158. The maximum absolute atomic E-state index is 14.0. The van der Waals surface area contributed by atoms with Crippen molar-refractivity contribution in [1.82, 2.24) is 4.98 Å². The number of fused-ring (bicyclic) bond motifs is 2. The van der Waals surface area contributed by atoms with Crippen LogP contribution in [0.4, 0.5) is 4.39 Å². The Bertz CT molecular complexity index is 1810. The van der Waals surface area contributed by atoms with E-state index in [1.54, 1.807) is 6.07 Å². The lowest BCUT2D eigenvalue weighted by Gasteiger charge is -2.28. The summed E-state index contributed by atoms with van der Waals surface area (Å²) in [6, 6.07) is 9.98. The second-order valence-electron chi connectivity index (χ2n) is 13.5. The number of carbonyl (C=O) groups is 4. The van der Waals surface area contributed by atoms with E-state index < -0.39 is 18.0 Å². The van der Waals surface area contributed by atoms with E-state index in [1.807, 2.05) is 32.0 Å². The van der Waals surface area contributed by atoms with Gasteiger partial charge in [-0.25, -0.2) is 9.37 Å². The molecule has 2 aliphatic rings. The van der Waals surface area contributed by atoms with Crippen molar-refractivity contribution in [3.05, 3.63) is 53.3 Å². The highest BCUT2D eigenvalue weighted by molar-refractivity contribution is 7.21. The van der Waals surface area contributed by atoms with Crippen molar-refractivity contribution in [2.24, 2.45) is 23.7 Å². The van der Waals surface area contributed by atoms with E-state index in [1.165, 1.54) is 37.7 Å². The summed E-state index contributed by atoms with van der Waals surface area (Å²) in [5.41, 5.74) is 2.51. The molecular weight excluding hydrogens is 677 g/mol. The summed E-state index contributed by atoms with van der Waals surface area (Å²) in [5.74, 6) is -2.06. The normalized spacial score (nSPS) is 21.9. The van der Waals surface area contributed by atoms with Crippen molar-refractivity contribution in [1.29, 1.82) is 0 Å². The number of benzene rings is 2. The van der Waals surface area contributed by atoms with Gasteiger partial charge in [-0.05, 0) is 82.4 Å². The number of thiazole rings is 1. The Morgan fingerprint density at radius 1 is 0.745 bits per heavy atom. The molecule has 2 unspecified atom stereocenters. The van der Waals surface area contributed by atoms with Gasteiger partial charge in [-0.1, -0.05) is 26.0 Å². The van der Waals surface area contributed by atoms with Crippen molar-refractivity contribution in [3.63, 3.8) is 0 Å². The highest BCUT2D eigenvalue weighted by Gasteiger charge is 2.35. The molecule has 51 heavy (non-hydrogen) atoms. The topological polar surface area (TPSA) is 131 Å². The number of halogens is 1. The Hall–Kier alpha value is -4.32. The van der Waals surface area contributed by atoms with Crippen LogP contribution in [0.1, 0.15) is 101 Å². The van der Waals surface area contributed by atoms with Gasteiger partial charge in [0.2, 0.25) is 0 Å². The van der Waals surface area contributed by atoms with Gasteiger partial charge in [-0.3, -0.25) is 19.2 Å². The van der Waals surface area contributed by atoms with Crippen molar-refractivity contribution in [2.75, 3.05) is 14.2 Å². The predicted octanol–water partition coefficient (Wildman–Crippen LogP) is 8.80. The SMILES string of the molecule is CCC(OC(=O)C1CCC(C(=O)OC)CC1)c1ccc(C(CC)OC(=O)C2CCC(C(=O)OC)CC2)c2sc(-c3cc4ccc(F)cc4o3)nc12. The Balaban J connectivity index is 1.30. The monoisotopic (exact) mass is 721 g/mol. The van der Waals surface area contributed by atoms with Crippen LogP contribution in [0.5, 0.6) is 0 Å². The number of aromatic nitrogens is 1. The summed E-state index contributed by atoms with van der Waals surface area (Å²) in [5, 5.41) is 1.29. The van der Waals surface area contributed by atoms with Gasteiger partial charge in [0.25, 0.3) is 0 Å². The van der Waals surface area contributed by atoms with Gasteiger partial charge >= 0.3 is 23.9 Å². The Kier molecular flexibility index (Phi) is 11.4. The van der Waals surface area contributed by atoms with Crippen LogP contribution in [0.15, 0.2) is 40.8 Å². The molecule has 2 aliphatic carbocycles. The van der Waals surface area contributed by atoms with E-state index in [9.17, 15) is 23.6 Å². The molecular formula is C39H44FNO9S. The van der Waals surface area contributed by atoms with E-state index >= 15 is 0 Å². The second kappa shape index (κ2) is 15.9. The number of esters is 4. The molecule has 0 bridgehead atoms. The number of nitrogens with zero attached hydrogens (tertiary/aromatic N) is 1. The average Bonchev–Trinajstić information content (AvgIpc) is 3.80. The first kappa shape index (κ1) is 36.5. The van der Waals surface area contributed by atoms with E-state index in [2.05, 4.69) is 0 Å². The van der Waals surface area contributed by atoms with Crippen LogP contribution >= 0.6 is 11.3 Å². The average molecular weight is 722 g/mol. The van der Waals surface area contributed by atoms with Crippen LogP contribution in [0.2, 0.25) is 0 Å². The minimum Gasteiger partial charge on any atom is -0.469 e. The summed E-state index contributed by atoms with van der Waals surface area (Å²) in [4.78, 5) is 56.0. The molecule has 0 radical (unpaired) electrons. The Labute approximate surface area is 300 Å². The quantitative estimate of drug-likeness (QED) is 0.109. The zero-order chi connectivity index (χ0) is 36.2. The fourth-order valence-corrected chi connectivity index (χ4v) is 8.55. The maximum atomic E-state index is 14.0. The third-order valence-electron chi connectivity index (χ3n) is 10.4. The molecule has 0 saturated heterocycles. The van der Waals surface area contributed by atoms with Crippen molar-refractivity contribution in [3.8, 4) is 10.8 Å². The second-order valence-corrected chi connectivity index (χ2v) is 14.5. The van der Waals surface area contributed by atoms with Crippen LogP contribution in [0, 0.1) is 29.5 Å². The Morgan fingerprint density at radius 2 is 1.24 bits per heavy atom. The first-order valence-corrected chi connectivity index (χ1v) is 18.6. The molecule has 2 fully saturated rings. The largest absolute Gasteiger partial charge is 0.469 e. The van der Waals surface area contributed by atoms with Crippen LogP contribution in [-0.4, -0.2) is 43.1 Å². The van der Waals surface area contributed by atoms with Gasteiger partial charge in [0.1, 0.15) is 23.6 Å². The minimum absolute atomic E-state index is 0.200. The third-order valence-corrected chi connectivity index (χ3v) is 11.6. The minimum atomic E-state index is -0.597. The summed E-state index contributed by atoms with van der Waals surface area (Å²) in [6.07, 6.45) is 4.32. The molecule has 4 aromatic rings. The fourth-order valence-electron chi connectivity index (χ4n) is 7.44. The number of ether oxygens (including phenoxy) is 4. The van der Waals surface area contributed by atoms with E-state index in [0.717, 1.165) is 21.2 Å². The molecule has 272 valence electrons. The lowest BCUT2D eigenvalue weighted by atomic mass is 9.82. The highest BCUT2D eigenvalue weighted by Crippen LogP contribution is 2.43. The van der Waals surface area contributed by atoms with Gasteiger partial charge in [0.05, 0.1) is 48.1 Å². The molecule has 6 rings (SSSR count). The fraction of sp³-hybridized carbons (Fsp3) is 0.513. The van der Waals surface area contributed by atoms with Crippen molar-refractivity contribution in [2.45, 2.75) is 90.3 Å². The number of carbonyl (C=O) groups excluding carboxylic acids is 4. The van der Waals surface area contributed by atoms with Crippen LogP contribution in [-0.2, 0) is 38.1 Å². The third kappa shape index (κ3) is 7.80. The van der Waals surface area contributed by atoms with Gasteiger partial charge in [-0.2, -0.15) is 0 Å². The van der Waals surface area contributed by atoms with Gasteiger partial charge in [0.15, 0.2) is 10.8 Å². The molecule has 12 heteroatoms. The molecule has 0 spiro atoms. The first-order valence-electron chi connectivity index (χ1n) is 17.8. The van der Waals surface area contributed by atoms with Crippen LogP contribution in [0.25, 0.3) is 32.0 Å². The van der Waals surface area contributed by atoms with Gasteiger partial charge in [0, 0.05) is 22.6 Å². The number of furan rings is 1. The molecule has 10 nitrogen and oxygen atoms in total. The zero-order valence-electron chi connectivity index (χ0n) is 29.4. The predicted molar refractivity (Wildman–Crippen MR) is 188 cm³/mol.